The Balaban J connectivity index is 4.36. The van der Waals surface area contributed by atoms with Crippen molar-refractivity contribution in [3.8, 4) is 0 Å². The molecule has 176 valence electrons. The molecule has 0 aliphatic carbocycles. The fraction of sp³-hybridized carbons (Fsp3) is 1.00. The maximum atomic E-state index is 2.43. The predicted molar refractivity (Wildman–Crippen MR) is 139 cm³/mol. The van der Waals surface area contributed by atoms with Crippen LogP contribution >= 0.6 is 11.8 Å². The Bertz CT molecular complexity index is 260. The largest absolute Gasteiger partial charge is 0.155 e. The molecule has 2 unspecified atom stereocenters. The van der Waals surface area contributed by atoms with Crippen LogP contribution in [0.15, 0.2) is 0 Å². The van der Waals surface area contributed by atoms with Crippen molar-refractivity contribution in [1.29, 1.82) is 0 Å². The van der Waals surface area contributed by atoms with Gasteiger partial charge in [0.25, 0.3) is 0 Å². The Morgan fingerprint density at radius 3 is 0.931 bits per heavy atom. The van der Waals surface area contributed by atoms with E-state index in [9.17, 15) is 0 Å². The number of hydrogen-bond donors (Lipinski definition) is 0. The van der Waals surface area contributed by atoms with Crippen LogP contribution < -0.4 is 0 Å². The van der Waals surface area contributed by atoms with E-state index in [0.717, 1.165) is 10.5 Å². The van der Waals surface area contributed by atoms with E-state index >= 15 is 0 Å². The first-order valence-electron chi connectivity index (χ1n) is 13.9. The molecule has 0 aliphatic heterocycles. The summed E-state index contributed by atoms with van der Waals surface area (Å²) in [5.74, 6) is 0. The second kappa shape index (κ2) is 24.6. The lowest BCUT2D eigenvalue weighted by molar-refractivity contribution is 0.541. The van der Waals surface area contributed by atoms with Gasteiger partial charge in [0.2, 0.25) is 0 Å². The molecule has 0 N–H and O–H groups in total. The van der Waals surface area contributed by atoms with Crippen LogP contribution in [0.5, 0.6) is 0 Å². The zero-order chi connectivity index (χ0) is 21.4. The van der Waals surface area contributed by atoms with Gasteiger partial charge in [-0.15, -0.1) is 0 Å². The maximum Gasteiger partial charge on any atom is 0.00498 e. The molecule has 0 saturated heterocycles. The summed E-state index contributed by atoms with van der Waals surface area (Å²) in [6.07, 6.45) is 31.8. The third kappa shape index (κ3) is 21.4. The Labute approximate surface area is 191 Å². The van der Waals surface area contributed by atoms with Crippen molar-refractivity contribution < 1.29 is 0 Å². The van der Waals surface area contributed by atoms with Crippen molar-refractivity contribution in [2.75, 3.05) is 0 Å². The van der Waals surface area contributed by atoms with Crippen LogP contribution in [0.3, 0.4) is 0 Å². The lowest BCUT2D eigenvalue weighted by Crippen LogP contribution is -2.12. The normalized spacial score (nSPS) is 13.7. The summed E-state index contributed by atoms with van der Waals surface area (Å²) in [4.78, 5) is 0. The van der Waals surface area contributed by atoms with E-state index in [1.165, 1.54) is 141 Å². The van der Waals surface area contributed by atoms with Gasteiger partial charge in [-0.1, -0.05) is 143 Å². The third-order valence-electron chi connectivity index (χ3n) is 6.40. The highest BCUT2D eigenvalue weighted by atomic mass is 32.2. The molecule has 0 aromatic heterocycles. The van der Waals surface area contributed by atoms with Crippen molar-refractivity contribution in [2.45, 2.75) is 179 Å². The molecular formula is C28H58S. The van der Waals surface area contributed by atoms with Crippen LogP contribution in [0.25, 0.3) is 0 Å². The molecule has 1 heteroatoms. The Morgan fingerprint density at radius 2 is 0.586 bits per heavy atom. The Morgan fingerprint density at radius 1 is 0.345 bits per heavy atom. The second-order valence-corrected chi connectivity index (χ2v) is 11.1. The predicted octanol–water partition coefficient (Wildman–Crippen LogP) is 11.1. The fourth-order valence-electron chi connectivity index (χ4n) is 4.38. The maximum absolute atomic E-state index is 2.43. The second-order valence-electron chi connectivity index (χ2n) is 9.48. The zero-order valence-corrected chi connectivity index (χ0v) is 21.9. The van der Waals surface area contributed by atoms with E-state index < -0.39 is 0 Å². The molecule has 0 rings (SSSR count). The van der Waals surface area contributed by atoms with E-state index in [-0.39, 0.29) is 0 Å². The van der Waals surface area contributed by atoms with Crippen LogP contribution in [0.1, 0.15) is 169 Å². The standard InChI is InChI=1S/C28H58S/c1-5-9-13-15-17-21-25-27(23-19-11-7-3)29-28(24-20-12-8-4)26-22-18-16-14-10-6-2/h27-28H,5-26H2,1-4H3. The lowest BCUT2D eigenvalue weighted by Gasteiger charge is -2.24. The van der Waals surface area contributed by atoms with Crippen molar-refractivity contribution in [3.05, 3.63) is 0 Å². The van der Waals surface area contributed by atoms with E-state index in [4.69, 9.17) is 0 Å². The lowest BCUT2D eigenvalue weighted by atomic mass is 10.0. The van der Waals surface area contributed by atoms with Gasteiger partial charge < -0.3 is 0 Å². The van der Waals surface area contributed by atoms with Gasteiger partial charge in [0.1, 0.15) is 0 Å². The minimum atomic E-state index is 0.944. The number of thioether (sulfide) groups is 1. The molecule has 0 heterocycles. The topological polar surface area (TPSA) is 0 Å². The molecule has 0 aromatic rings. The molecule has 0 nitrogen and oxygen atoms in total. The summed E-state index contributed by atoms with van der Waals surface area (Å²) in [5.41, 5.74) is 0. The number of unbranched alkanes of at least 4 members (excludes halogenated alkanes) is 14. The average Bonchev–Trinajstić information content (AvgIpc) is 2.72. The first kappa shape index (κ1) is 29.4. The Hall–Kier alpha value is 0.350. The summed E-state index contributed by atoms with van der Waals surface area (Å²) in [7, 11) is 0. The molecule has 2 atom stereocenters. The van der Waals surface area contributed by atoms with Crippen molar-refractivity contribution in [1.82, 2.24) is 0 Å². The first-order chi connectivity index (χ1) is 14.3. The van der Waals surface area contributed by atoms with Crippen molar-refractivity contribution in [3.63, 3.8) is 0 Å². The van der Waals surface area contributed by atoms with Crippen LogP contribution in [-0.2, 0) is 0 Å². The van der Waals surface area contributed by atoms with Crippen LogP contribution in [-0.4, -0.2) is 10.5 Å². The third-order valence-corrected chi connectivity index (χ3v) is 8.12. The van der Waals surface area contributed by atoms with Gasteiger partial charge in [0, 0.05) is 10.5 Å². The quantitative estimate of drug-likeness (QED) is 0.138. The molecule has 0 fully saturated rings. The average molecular weight is 427 g/mol. The van der Waals surface area contributed by atoms with Gasteiger partial charge in [-0.25, -0.2) is 0 Å². The summed E-state index contributed by atoms with van der Waals surface area (Å²) in [6.45, 7) is 9.34. The first-order valence-corrected chi connectivity index (χ1v) is 14.9. The summed E-state index contributed by atoms with van der Waals surface area (Å²) < 4.78 is 0. The van der Waals surface area contributed by atoms with Crippen LogP contribution in [0, 0.1) is 0 Å². The minimum absolute atomic E-state index is 0.944. The SMILES string of the molecule is CCCCCCCCC(CCCCC)SC(CCCCC)CCCCCCCC. The molecule has 0 aromatic carbocycles. The summed E-state index contributed by atoms with van der Waals surface area (Å²) in [5, 5.41) is 1.89. The van der Waals surface area contributed by atoms with Gasteiger partial charge in [-0.3, -0.25) is 0 Å². The van der Waals surface area contributed by atoms with Gasteiger partial charge >= 0.3 is 0 Å². The Kier molecular flexibility index (Phi) is 24.9. The molecule has 29 heavy (non-hydrogen) atoms. The molecule has 0 bridgehead atoms. The summed E-state index contributed by atoms with van der Waals surface area (Å²) in [6, 6.07) is 0. The van der Waals surface area contributed by atoms with Gasteiger partial charge in [-0.05, 0) is 25.7 Å². The van der Waals surface area contributed by atoms with Gasteiger partial charge in [0.15, 0.2) is 0 Å². The monoisotopic (exact) mass is 426 g/mol. The van der Waals surface area contributed by atoms with E-state index in [1.807, 2.05) is 0 Å². The van der Waals surface area contributed by atoms with Gasteiger partial charge in [0.05, 0.1) is 0 Å². The van der Waals surface area contributed by atoms with Crippen LogP contribution in [0.2, 0.25) is 0 Å². The highest BCUT2D eigenvalue weighted by molar-refractivity contribution is 8.00. The zero-order valence-electron chi connectivity index (χ0n) is 21.1. The highest BCUT2D eigenvalue weighted by Gasteiger charge is 2.17. The number of rotatable bonds is 24. The summed E-state index contributed by atoms with van der Waals surface area (Å²) >= 11 is 2.43. The molecule has 0 saturated carbocycles. The van der Waals surface area contributed by atoms with Crippen LogP contribution in [0.4, 0.5) is 0 Å². The molecule has 0 aliphatic rings. The fourth-order valence-corrected chi connectivity index (χ4v) is 6.14. The van der Waals surface area contributed by atoms with Crippen molar-refractivity contribution >= 4 is 11.8 Å². The highest BCUT2D eigenvalue weighted by Crippen LogP contribution is 2.33. The van der Waals surface area contributed by atoms with Crippen molar-refractivity contribution in [2.24, 2.45) is 0 Å². The van der Waals surface area contributed by atoms with E-state index in [2.05, 4.69) is 39.5 Å². The van der Waals surface area contributed by atoms with E-state index in [1.54, 1.807) is 0 Å². The molecule has 0 radical (unpaired) electrons. The smallest absolute Gasteiger partial charge is 0.00498 e. The molecule has 0 amide bonds. The molecule has 0 spiro atoms. The van der Waals surface area contributed by atoms with Gasteiger partial charge in [-0.2, -0.15) is 11.8 Å². The molecular weight excluding hydrogens is 368 g/mol. The van der Waals surface area contributed by atoms with E-state index in [0.29, 0.717) is 0 Å². The number of hydrogen-bond acceptors (Lipinski definition) is 1. The minimum Gasteiger partial charge on any atom is -0.155 e.